The van der Waals surface area contributed by atoms with Crippen LogP contribution in [0.5, 0.6) is 0 Å². The number of carboxylic acids is 1. The van der Waals surface area contributed by atoms with Crippen molar-refractivity contribution in [2.24, 2.45) is 28.1 Å². The molecule has 276 valence electrons. The van der Waals surface area contributed by atoms with Crippen LogP contribution in [0.4, 0.5) is 0 Å². The Morgan fingerprint density at radius 2 is 1.45 bits per heavy atom. The number of nitrogens with one attached hydrogen (secondary N) is 4. The van der Waals surface area contributed by atoms with Gasteiger partial charge >= 0.3 is 5.97 Å². The molecule has 2 rings (SSSR count). The fourth-order valence-corrected chi connectivity index (χ4v) is 5.58. The predicted octanol–water partition coefficient (Wildman–Crippen LogP) is -5.35. The minimum absolute atomic E-state index is 0.0976. The van der Waals surface area contributed by atoms with Gasteiger partial charge in [0, 0.05) is 19.6 Å². The van der Waals surface area contributed by atoms with Crippen LogP contribution in [-0.4, -0.2) is 148 Å². The Morgan fingerprint density at radius 1 is 0.837 bits per heavy atom. The number of carbonyl (C=O) groups is 7. The second-order valence-electron chi connectivity index (χ2n) is 12.3. The molecule has 0 unspecified atom stereocenters. The molecule has 6 amide bonds. The summed E-state index contributed by atoms with van der Waals surface area (Å²) in [4.78, 5) is 95.9. The number of aliphatic carboxylic acids is 1. The van der Waals surface area contributed by atoms with E-state index in [1.165, 1.54) is 9.80 Å². The van der Waals surface area contributed by atoms with Gasteiger partial charge in [0.1, 0.15) is 36.3 Å². The number of aliphatic hydroxyl groups is 2. The number of rotatable bonds is 18. The highest BCUT2D eigenvalue weighted by Crippen LogP contribution is 2.21. The van der Waals surface area contributed by atoms with E-state index in [-0.39, 0.29) is 44.9 Å². The predicted molar refractivity (Wildman–Crippen MR) is 173 cm³/mol. The summed E-state index contributed by atoms with van der Waals surface area (Å²) >= 11 is 0. The zero-order valence-corrected chi connectivity index (χ0v) is 27.8. The van der Waals surface area contributed by atoms with Crippen molar-refractivity contribution in [2.45, 2.75) is 88.6 Å². The summed E-state index contributed by atoms with van der Waals surface area (Å²) < 4.78 is 0. The standard InChI is InChI=1S/C29H50N10O10/c1-15(2)22(37-24(44)18(14-41)36-23(43)16(30)13-40)27(47)38-10-4-7-19(38)25(45)34-12-21(42)35-17(6-3-9-33-29(31)32)26(46)39-11-5-8-20(39)28(48)49/h15-20,22,40-41H,3-14,30H2,1-2H3,(H,34,45)(H,35,42)(H,36,43)(H,37,44)(H,48,49)(H4,31,32,33)/t16-,17-,18-,19-,20-,22-/m0/s1. The van der Waals surface area contributed by atoms with Gasteiger partial charge in [-0.15, -0.1) is 0 Å². The van der Waals surface area contributed by atoms with E-state index < -0.39 is 103 Å². The number of likely N-dealkylation sites (tertiary alicyclic amines) is 2. The first-order valence-electron chi connectivity index (χ1n) is 16.2. The molecule has 0 aromatic carbocycles. The lowest BCUT2D eigenvalue weighted by atomic mass is 10.0. The highest BCUT2D eigenvalue weighted by Gasteiger charge is 2.40. The Balaban J connectivity index is 2.06. The van der Waals surface area contributed by atoms with Crippen LogP contribution in [0.15, 0.2) is 4.99 Å². The van der Waals surface area contributed by atoms with Gasteiger partial charge in [0.15, 0.2) is 5.96 Å². The van der Waals surface area contributed by atoms with Crippen molar-refractivity contribution in [3.63, 3.8) is 0 Å². The molecule has 0 aromatic rings. The number of carbonyl (C=O) groups excluding carboxylic acids is 6. The van der Waals surface area contributed by atoms with E-state index in [0.29, 0.717) is 19.3 Å². The second kappa shape index (κ2) is 19.4. The minimum Gasteiger partial charge on any atom is -0.480 e. The Kier molecular flexibility index (Phi) is 16.1. The van der Waals surface area contributed by atoms with Gasteiger partial charge in [-0.1, -0.05) is 13.8 Å². The summed E-state index contributed by atoms with van der Waals surface area (Å²) in [6.45, 7) is 1.82. The largest absolute Gasteiger partial charge is 0.480 e. The van der Waals surface area contributed by atoms with Crippen LogP contribution in [0.25, 0.3) is 0 Å². The van der Waals surface area contributed by atoms with Crippen LogP contribution in [0.1, 0.15) is 52.4 Å². The number of nitrogens with two attached hydrogens (primary N) is 3. The molecule has 2 fully saturated rings. The topological polar surface area (TPSA) is 325 Å². The quantitative estimate of drug-likeness (QED) is 0.0364. The van der Waals surface area contributed by atoms with Crippen LogP contribution < -0.4 is 38.5 Å². The summed E-state index contributed by atoms with van der Waals surface area (Å²) in [5.41, 5.74) is 16.1. The molecule has 0 aliphatic carbocycles. The molecule has 2 saturated heterocycles. The third kappa shape index (κ3) is 11.8. The molecule has 2 aliphatic heterocycles. The Morgan fingerprint density at radius 3 is 2.00 bits per heavy atom. The Hall–Kier alpha value is -4.56. The summed E-state index contributed by atoms with van der Waals surface area (Å²) in [6, 6.07) is -7.04. The van der Waals surface area contributed by atoms with Crippen LogP contribution in [0.2, 0.25) is 0 Å². The number of hydrogen-bond donors (Lipinski definition) is 10. The zero-order valence-electron chi connectivity index (χ0n) is 27.8. The summed E-state index contributed by atoms with van der Waals surface area (Å²) in [5, 5.41) is 38.0. The van der Waals surface area contributed by atoms with Gasteiger partial charge in [0.25, 0.3) is 0 Å². The molecule has 20 heteroatoms. The number of guanidine groups is 1. The Bertz CT molecular complexity index is 1240. The van der Waals surface area contributed by atoms with Crippen molar-refractivity contribution >= 4 is 47.4 Å². The van der Waals surface area contributed by atoms with E-state index in [1.807, 2.05) is 0 Å². The normalized spacial score (nSPS) is 19.7. The van der Waals surface area contributed by atoms with E-state index in [1.54, 1.807) is 13.8 Å². The number of carboxylic acid groups (broad SMARTS) is 1. The maximum Gasteiger partial charge on any atom is 0.326 e. The van der Waals surface area contributed by atoms with E-state index in [9.17, 15) is 43.8 Å². The maximum atomic E-state index is 13.6. The first-order valence-corrected chi connectivity index (χ1v) is 16.2. The lowest BCUT2D eigenvalue weighted by Crippen LogP contribution is -2.60. The van der Waals surface area contributed by atoms with Crippen LogP contribution in [-0.2, 0) is 33.6 Å². The zero-order chi connectivity index (χ0) is 36.8. The third-order valence-electron chi connectivity index (χ3n) is 8.24. The molecule has 2 aliphatic rings. The molecule has 0 spiro atoms. The number of aliphatic imine (C=N–C) groups is 1. The van der Waals surface area contributed by atoms with E-state index in [0.717, 1.165) is 0 Å². The monoisotopic (exact) mass is 698 g/mol. The van der Waals surface area contributed by atoms with Gasteiger partial charge in [-0.2, -0.15) is 0 Å². The van der Waals surface area contributed by atoms with Crippen molar-refractivity contribution in [1.82, 2.24) is 31.1 Å². The molecule has 0 saturated carbocycles. The van der Waals surface area contributed by atoms with Gasteiger partial charge < -0.3 is 63.6 Å². The highest BCUT2D eigenvalue weighted by molar-refractivity contribution is 5.96. The lowest BCUT2D eigenvalue weighted by Gasteiger charge is -2.31. The smallest absolute Gasteiger partial charge is 0.326 e. The highest BCUT2D eigenvalue weighted by atomic mass is 16.4. The fourth-order valence-electron chi connectivity index (χ4n) is 5.58. The SMILES string of the molecule is CC(C)[C@H](NC(=O)[C@H](CO)NC(=O)[C@@H](N)CO)C(=O)N1CCC[C@H]1C(=O)NCC(=O)N[C@@H](CCCN=C(N)N)C(=O)N1CCC[C@H]1C(=O)O. The molecule has 6 atom stereocenters. The number of nitrogens with zero attached hydrogens (tertiary/aromatic N) is 3. The van der Waals surface area contributed by atoms with Gasteiger partial charge in [0.05, 0.1) is 19.8 Å². The first-order chi connectivity index (χ1) is 23.1. The molecule has 2 heterocycles. The summed E-state index contributed by atoms with van der Waals surface area (Å²) in [5.74, 6) is -6.07. The first kappa shape index (κ1) is 40.6. The molecule has 20 nitrogen and oxygen atoms in total. The van der Waals surface area contributed by atoms with Crippen molar-refractivity contribution in [3.8, 4) is 0 Å². The number of aliphatic hydroxyl groups excluding tert-OH is 2. The Labute approximate surface area is 283 Å². The fraction of sp³-hybridized carbons (Fsp3) is 0.724. The van der Waals surface area contributed by atoms with Crippen molar-refractivity contribution in [3.05, 3.63) is 0 Å². The molecule has 0 aromatic heterocycles. The van der Waals surface area contributed by atoms with E-state index >= 15 is 0 Å². The molecule has 49 heavy (non-hydrogen) atoms. The van der Waals surface area contributed by atoms with E-state index in [2.05, 4.69) is 26.3 Å². The van der Waals surface area contributed by atoms with Gasteiger partial charge in [-0.3, -0.25) is 33.8 Å². The summed E-state index contributed by atoms with van der Waals surface area (Å²) in [6.07, 6.45) is 1.88. The van der Waals surface area contributed by atoms with E-state index in [4.69, 9.17) is 22.3 Å². The third-order valence-corrected chi connectivity index (χ3v) is 8.24. The molecule has 0 radical (unpaired) electrons. The second-order valence-corrected chi connectivity index (χ2v) is 12.3. The summed E-state index contributed by atoms with van der Waals surface area (Å²) in [7, 11) is 0. The van der Waals surface area contributed by atoms with Crippen LogP contribution in [0, 0.1) is 5.92 Å². The maximum absolute atomic E-state index is 13.6. The number of amides is 6. The minimum atomic E-state index is -1.46. The van der Waals surface area contributed by atoms with Crippen molar-refractivity contribution in [1.29, 1.82) is 0 Å². The molecular weight excluding hydrogens is 648 g/mol. The number of hydrogen-bond acceptors (Lipinski definition) is 11. The average molecular weight is 699 g/mol. The average Bonchev–Trinajstić information content (AvgIpc) is 3.76. The molecular formula is C29H50N10O10. The van der Waals surface area contributed by atoms with Crippen LogP contribution >= 0.6 is 0 Å². The molecule has 0 bridgehead atoms. The van der Waals surface area contributed by atoms with Gasteiger partial charge in [-0.25, -0.2) is 4.79 Å². The van der Waals surface area contributed by atoms with Gasteiger partial charge in [-0.05, 0) is 44.4 Å². The van der Waals surface area contributed by atoms with Crippen molar-refractivity contribution in [2.75, 3.05) is 39.4 Å². The van der Waals surface area contributed by atoms with Crippen LogP contribution in [0.3, 0.4) is 0 Å². The van der Waals surface area contributed by atoms with Crippen molar-refractivity contribution < 1.29 is 48.9 Å². The molecule has 13 N–H and O–H groups in total. The van der Waals surface area contributed by atoms with Gasteiger partial charge in [0.2, 0.25) is 35.4 Å². The lowest BCUT2D eigenvalue weighted by molar-refractivity contribution is -0.149.